The molecule has 0 amide bonds. The van der Waals surface area contributed by atoms with E-state index < -0.39 is 17.7 Å². The van der Waals surface area contributed by atoms with Gasteiger partial charge in [-0.05, 0) is 0 Å². The summed E-state index contributed by atoms with van der Waals surface area (Å²) < 4.78 is 29.2. The number of aromatic hydroxyl groups is 1. The molecule has 0 bridgehead atoms. The highest BCUT2D eigenvalue weighted by Gasteiger charge is 2.22. The molecule has 1 aromatic rings. The molecule has 1 N–H and O–H groups in total. The van der Waals surface area contributed by atoms with Gasteiger partial charge in [0.1, 0.15) is 10.7 Å². The number of aromatic nitrogens is 1. The van der Waals surface area contributed by atoms with E-state index in [1.54, 1.807) is 0 Å². The molecule has 0 spiro atoms. The van der Waals surface area contributed by atoms with E-state index in [0.717, 1.165) is 13.3 Å². The lowest BCUT2D eigenvalue weighted by atomic mass is 10.2. The first-order chi connectivity index (χ1) is 6.07. The van der Waals surface area contributed by atoms with Gasteiger partial charge in [0.15, 0.2) is 11.5 Å². The van der Waals surface area contributed by atoms with Crippen molar-refractivity contribution >= 4 is 11.6 Å². The summed E-state index contributed by atoms with van der Waals surface area (Å²) in [4.78, 5) is 3.36. The first-order valence-corrected chi connectivity index (χ1v) is 3.65. The number of nitrogens with zero attached hydrogens (tertiary/aromatic N) is 1. The summed E-state index contributed by atoms with van der Waals surface area (Å²) in [5.41, 5.74) is -0.593. The number of methoxy groups -OCH3 is 1. The Bertz CT molecular complexity index is 320. The van der Waals surface area contributed by atoms with Crippen LogP contribution in [0.25, 0.3) is 0 Å². The van der Waals surface area contributed by atoms with Gasteiger partial charge in [0.2, 0.25) is 0 Å². The van der Waals surface area contributed by atoms with Gasteiger partial charge in [0.05, 0.1) is 13.3 Å². The van der Waals surface area contributed by atoms with Crippen LogP contribution in [-0.4, -0.2) is 17.2 Å². The largest absolute Gasteiger partial charge is 0.503 e. The number of alkyl halides is 2. The zero-order chi connectivity index (χ0) is 10.0. The molecule has 0 aromatic carbocycles. The molecular formula is C7H6ClF2NO2. The Hall–Kier alpha value is -1.10. The zero-order valence-electron chi connectivity index (χ0n) is 6.59. The Balaban J connectivity index is 3.35. The van der Waals surface area contributed by atoms with E-state index in [1.165, 1.54) is 0 Å². The van der Waals surface area contributed by atoms with E-state index in [1.807, 2.05) is 0 Å². The molecular weight excluding hydrogens is 204 g/mol. The minimum absolute atomic E-state index is 0.338. The van der Waals surface area contributed by atoms with E-state index in [2.05, 4.69) is 9.72 Å². The smallest absolute Gasteiger partial charge is 0.270 e. The molecule has 0 aliphatic heterocycles. The van der Waals surface area contributed by atoms with E-state index in [4.69, 9.17) is 16.7 Å². The number of hydrogen-bond donors (Lipinski definition) is 1. The summed E-state index contributed by atoms with van der Waals surface area (Å²) in [6.07, 6.45) is -1.88. The number of pyridine rings is 1. The van der Waals surface area contributed by atoms with Gasteiger partial charge in [0.25, 0.3) is 6.43 Å². The van der Waals surface area contributed by atoms with E-state index >= 15 is 0 Å². The van der Waals surface area contributed by atoms with Crippen molar-refractivity contribution in [3.05, 3.63) is 16.9 Å². The van der Waals surface area contributed by atoms with Crippen LogP contribution in [0.15, 0.2) is 6.20 Å². The molecule has 0 saturated heterocycles. The molecule has 1 heterocycles. The first-order valence-electron chi connectivity index (χ1n) is 3.27. The summed E-state index contributed by atoms with van der Waals surface area (Å²) in [7, 11) is 1.16. The maximum Gasteiger partial charge on any atom is 0.270 e. The van der Waals surface area contributed by atoms with Crippen LogP contribution in [0.2, 0.25) is 5.15 Å². The number of rotatable bonds is 2. The number of hydrogen-bond acceptors (Lipinski definition) is 3. The average Bonchev–Trinajstić information content (AvgIpc) is 2.07. The molecule has 1 rings (SSSR count). The molecule has 0 atom stereocenters. The first kappa shape index (κ1) is 9.98. The van der Waals surface area contributed by atoms with Crippen LogP contribution >= 0.6 is 11.6 Å². The lowest BCUT2D eigenvalue weighted by Gasteiger charge is -2.09. The Morgan fingerprint density at radius 3 is 2.62 bits per heavy atom. The standard InChI is InChI=1S/C7H6ClF2NO2/c1-13-5-3(12)2-11-6(8)4(5)7(9)10/h2,7,12H,1H3. The van der Waals surface area contributed by atoms with Crippen LogP contribution in [0.1, 0.15) is 12.0 Å². The maximum atomic E-state index is 12.3. The van der Waals surface area contributed by atoms with Crippen molar-refractivity contribution in [1.29, 1.82) is 0 Å². The highest BCUT2D eigenvalue weighted by molar-refractivity contribution is 6.30. The second-order valence-corrected chi connectivity index (χ2v) is 2.54. The summed E-state index contributed by atoms with van der Waals surface area (Å²) >= 11 is 5.39. The second kappa shape index (κ2) is 3.74. The predicted octanol–water partition coefficient (Wildman–Crippen LogP) is 2.39. The van der Waals surface area contributed by atoms with Crippen LogP contribution in [0.5, 0.6) is 11.5 Å². The van der Waals surface area contributed by atoms with Crippen LogP contribution in [0.4, 0.5) is 8.78 Å². The molecule has 72 valence electrons. The van der Waals surface area contributed by atoms with Gasteiger partial charge in [-0.1, -0.05) is 11.6 Å². The normalized spacial score (nSPS) is 10.5. The average molecular weight is 210 g/mol. The minimum atomic E-state index is -2.83. The quantitative estimate of drug-likeness (QED) is 0.761. The second-order valence-electron chi connectivity index (χ2n) is 2.18. The molecule has 0 radical (unpaired) electrons. The lowest BCUT2D eigenvalue weighted by Crippen LogP contribution is -1.96. The van der Waals surface area contributed by atoms with Crippen molar-refractivity contribution < 1.29 is 18.6 Å². The van der Waals surface area contributed by atoms with Crippen LogP contribution < -0.4 is 4.74 Å². The van der Waals surface area contributed by atoms with E-state index in [9.17, 15) is 8.78 Å². The molecule has 3 nitrogen and oxygen atoms in total. The fraction of sp³-hybridized carbons (Fsp3) is 0.286. The molecule has 0 unspecified atom stereocenters. The van der Waals surface area contributed by atoms with Gasteiger partial charge in [-0.25, -0.2) is 13.8 Å². The van der Waals surface area contributed by atoms with Gasteiger partial charge < -0.3 is 9.84 Å². The van der Waals surface area contributed by atoms with Crippen LogP contribution in [0, 0.1) is 0 Å². The summed E-state index contributed by atoms with van der Waals surface area (Å²) in [5, 5.41) is 8.71. The van der Waals surface area contributed by atoms with Gasteiger partial charge in [-0.2, -0.15) is 0 Å². The van der Waals surface area contributed by atoms with Crippen molar-refractivity contribution in [2.75, 3.05) is 7.11 Å². The monoisotopic (exact) mass is 209 g/mol. The van der Waals surface area contributed by atoms with Crippen molar-refractivity contribution in [2.45, 2.75) is 6.43 Å². The van der Waals surface area contributed by atoms with Crippen LogP contribution in [0.3, 0.4) is 0 Å². The van der Waals surface area contributed by atoms with Gasteiger partial charge in [-0.3, -0.25) is 0 Å². The van der Waals surface area contributed by atoms with Crippen molar-refractivity contribution in [3.8, 4) is 11.5 Å². The molecule has 6 heteroatoms. The number of ether oxygens (including phenoxy) is 1. The highest BCUT2D eigenvalue weighted by Crippen LogP contribution is 2.39. The summed E-state index contributed by atoms with van der Waals surface area (Å²) in [5.74, 6) is -0.794. The van der Waals surface area contributed by atoms with Gasteiger partial charge >= 0.3 is 0 Å². The van der Waals surface area contributed by atoms with E-state index in [0.29, 0.717) is 0 Å². The Kier molecular flexibility index (Phi) is 2.87. The molecule has 1 aromatic heterocycles. The molecule has 0 aliphatic rings. The van der Waals surface area contributed by atoms with Gasteiger partial charge in [0, 0.05) is 0 Å². The Morgan fingerprint density at radius 1 is 1.62 bits per heavy atom. The third-order valence-corrected chi connectivity index (χ3v) is 1.72. The van der Waals surface area contributed by atoms with Crippen molar-refractivity contribution in [3.63, 3.8) is 0 Å². The molecule has 0 fully saturated rings. The SMILES string of the molecule is COc1c(O)cnc(Cl)c1C(F)F. The molecule has 0 aliphatic carbocycles. The third-order valence-electron chi connectivity index (χ3n) is 1.42. The summed E-state index contributed by atoms with van der Waals surface area (Å²) in [6.45, 7) is 0. The molecule has 13 heavy (non-hydrogen) atoms. The Morgan fingerprint density at radius 2 is 2.23 bits per heavy atom. The fourth-order valence-electron chi connectivity index (χ4n) is 0.881. The fourth-order valence-corrected chi connectivity index (χ4v) is 1.10. The van der Waals surface area contributed by atoms with Gasteiger partial charge in [-0.15, -0.1) is 0 Å². The third kappa shape index (κ3) is 1.80. The topological polar surface area (TPSA) is 42.4 Å². The minimum Gasteiger partial charge on any atom is -0.503 e. The van der Waals surface area contributed by atoms with E-state index in [-0.39, 0.29) is 10.9 Å². The summed E-state index contributed by atoms with van der Waals surface area (Å²) in [6, 6.07) is 0. The molecule has 0 saturated carbocycles. The number of halogens is 3. The zero-order valence-corrected chi connectivity index (χ0v) is 7.35. The van der Waals surface area contributed by atoms with Crippen LogP contribution in [-0.2, 0) is 0 Å². The predicted molar refractivity (Wildman–Crippen MR) is 42.4 cm³/mol. The van der Waals surface area contributed by atoms with Crippen molar-refractivity contribution in [2.24, 2.45) is 0 Å². The Labute approximate surface area is 77.9 Å². The lowest BCUT2D eigenvalue weighted by molar-refractivity contribution is 0.145. The highest BCUT2D eigenvalue weighted by atomic mass is 35.5. The van der Waals surface area contributed by atoms with Crippen molar-refractivity contribution in [1.82, 2.24) is 4.98 Å². The maximum absolute atomic E-state index is 12.3.